The fraction of sp³-hybridized carbons (Fsp3) is 0.586. The molecule has 1 N–H and O–H groups in total. The van der Waals surface area contributed by atoms with Crippen LogP contribution in [0.1, 0.15) is 18.9 Å². The molecule has 0 radical (unpaired) electrons. The van der Waals surface area contributed by atoms with E-state index in [0.717, 1.165) is 54.6 Å². The van der Waals surface area contributed by atoms with Crippen molar-refractivity contribution < 1.29 is 100 Å². The number of alkyl halides is 3. The van der Waals surface area contributed by atoms with Crippen molar-refractivity contribution in [2.24, 2.45) is 0 Å². The first-order chi connectivity index (χ1) is 20.0. The van der Waals surface area contributed by atoms with Crippen molar-refractivity contribution in [1.82, 2.24) is 9.80 Å². The van der Waals surface area contributed by atoms with Gasteiger partial charge in [0.15, 0.2) is 0 Å². The van der Waals surface area contributed by atoms with Crippen LogP contribution < -0.4 is 54.5 Å². The van der Waals surface area contributed by atoms with Gasteiger partial charge >= 0.3 is 25.7 Å². The van der Waals surface area contributed by atoms with Crippen molar-refractivity contribution in [2.75, 3.05) is 95.4 Å². The van der Waals surface area contributed by atoms with Crippen LogP contribution in [0.3, 0.4) is 0 Å². The molecule has 0 atom stereocenters. The number of nitrogens with zero attached hydrogens (tertiary/aromatic N) is 3. The topological polar surface area (TPSA) is 81.2 Å². The zero-order valence-electron chi connectivity index (χ0n) is 28.3. The van der Waals surface area contributed by atoms with Crippen molar-refractivity contribution in [3.63, 3.8) is 0 Å². The van der Waals surface area contributed by atoms with Crippen LogP contribution in [0, 0.1) is 0 Å². The molecule has 0 bridgehead atoms. The van der Waals surface area contributed by atoms with Gasteiger partial charge in [-0.2, -0.15) is 13.2 Å². The quantitative estimate of drug-likeness (QED) is 0.304. The number of rotatable bonds is 4. The molecule has 0 unspecified atom stereocenters. The average molecular weight is 931 g/mol. The van der Waals surface area contributed by atoms with E-state index in [-0.39, 0.29) is 75.7 Å². The smallest absolute Gasteiger partial charge is 1.00 e. The molecule has 2 aromatic carbocycles. The number of para-hydroxylation sites is 1. The summed E-state index contributed by atoms with van der Waals surface area (Å²) < 4.78 is 68.5. The number of piperazine rings is 1. The Hall–Kier alpha value is 0.493. The molecule has 2 aliphatic rings. The van der Waals surface area contributed by atoms with E-state index < -0.39 is 44.1 Å². The number of aliphatic hydroxyl groups excluding tert-OH is 1. The van der Waals surface area contributed by atoms with Gasteiger partial charge in [-0.15, -0.1) is 0 Å². The van der Waals surface area contributed by atoms with Gasteiger partial charge in [0, 0.05) is 119 Å². The number of halogens is 7. The molecule has 1 saturated heterocycles. The number of aliphatic hydroxyl groups is 1. The summed E-state index contributed by atoms with van der Waals surface area (Å²) in [5.74, 6) is 0. The zero-order chi connectivity index (χ0) is 33.2. The minimum absolute atomic E-state index is 0. The van der Waals surface area contributed by atoms with E-state index in [1.165, 1.54) is 12.1 Å². The largest absolute Gasteiger partial charge is 2.00 e. The number of fused-ring (bicyclic) bond motifs is 2. The fourth-order valence-electron chi connectivity index (χ4n) is 3.77. The molecule has 0 spiro atoms. The van der Waals surface area contributed by atoms with Crippen LogP contribution in [-0.4, -0.2) is 118 Å². The summed E-state index contributed by atoms with van der Waals surface area (Å²) in [5.41, 5.74) is 1.07. The first kappa shape index (κ1) is 60.6. The number of hydrogen-bond donors (Lipinski definition) is 1. The van der Waals surface area contributed by atoms with Crippen LogP contribution in [0.25, 0.3) is 0 Å². The molecule has 2 aromatic rings. The first-order valence-corrected chi connectivity index (χ1v) is 20.3. The third-order valence-corrected chi connectivity index (χ3v) is 6.54. The zero-order valence-corrected chi connectivity index (χ0v) is 36.4. The average Bonchev–Trinajstić information content (AvgIpc) is 2.88. The van der Waals surface area contributed by atoms with Gasteiger partial charge in [0.05, 0.1) is 16.9 Å². The van der Waals surface area contributed by atoms with Gasteiger partial charge in [0.25, 0.3) is 0 Å². The third-order valence-electron chi connectivity index (χ3n) is 5.40. The van der Waals surface area contributed by atoms with Crippen LogP contribution in [0.5, 0.6) is 0 Å². The van der Waals surface area contributed by atoms with E-state index in [0.29, 0.717) is 12.2 Å². The minimum atomic E-state index is -4.33. The monoisotopic (exact) mass is 929 g/mol. The van der Waals surface area contributed by atoms with Crippen LogP contribution >= 0.6 is 11.8 Å². The van der Waals surface area contributed by atoms with Crippen molar-refractivity contribution in [3.8, 4) is 0 Å². The first-order valence-electron chi connectivity index (χ1n) is 13.6. The van der Waals surface area contributed by atoms with Crippen LogP contribution in [0.15, 0.2) is 52.3 Å². The Morgan fingerprint density at radius 3 is 1.60 bits per heavy atom. The SMILES string of the molecule is CCO.CN1CCN(CCCN2c3ccccc3Sc3ccc(C(F)(F)F)cc32)CC1.CS(C)=O.CS(C)=O.CS(C)=O.[Cl-].[Cl-].[Cl-].[Cl-].[Ru+2]. The van der Waals surface area contributed by atoms with Crippen molar-refractivity contribution in [3.05, 3.63) is 48.0 Å². The second-order valence-electron chi connectivity index (χ2n) is 9.94. The molecule has 0 saturated carbocycles. The third kappa shape index (κ3) is 28.1. The standard InChI is InChI=1S/C21H24F3N3S.3C2H6OS.C2H6O.4ClH.Ru/c1-25-11-13-26(14-12-25)9-4-10-27-17-5-2-3-6-19(17)28-20-8-7-16(15-18(20)27)21(22,23)24;3*1-4(2)3;1-2-3;;;;;/h2-3,5-8,15H,4,9-14H2,1H3;3*1-2H3;3H,2H2,1H3;4*1H;/q;;;;;;;;;+2/p-4. The molecule has 7 nitrogen and oxygen atoms in total. The number of benzene rings is 2. The Balaban J connectivity index is -0.000000189. The van der Waals surface area contributed by atoms with E-state index in [1.807, 2.05) is 24.3 Å². The number of likely N-dealkylation sites (N-methyl/N-ethyl adjacent to an activating group) is 1. The molecule has 19 heteroatoms. The van der Waals surface area contributed by atoms with Crippen LogP contribution in [0.4, 0.5) is 24.5 Å². The minimum Gasteiger partial charge on any atom is -1.00 e. The van der Waals surface area contributed by atoms with Crippen LogP contribution in [0.2, 0.25) is 0 Å². The summed E-state index contributed by atoms with van der Waals surface area (Å²) >= 11 is 1.54. The summed E-state index contributed by atoms with van der Waals surface area (Å²) in [6, 6.07) is 12.0. The molecule has 1 fully saturated rings. The van der Waals surface area contributed by atoms with E-state index >= 15 is 0 Å². The van der Waals surface area contributed by atoms with Crippen molar-refractivity contribution >= 4 is 55.5 Å². The Bertz CT molecular complexity index is 1130. The maximum absolute atomic E-state index is 13.3. The summed E-state index contributed by atoms with van der Waals surface area (Å²) in [6.45, 7) is 7.85. The van der Waals surface area contributed by atoms with Gasteiger partial charge in [0.2, 0.25) is 0 Å². The fourth-order valence-corrected chi connectivity index (χ4v) is 4.85. The molecule has 2 aliphatic heterocycles. The van der Waals surface area contributed by atoms with E-state index in [2.05, 4.69) is 21.7 Å². The summed E-state index contributed by atoms with van der Waals surface area (Å²) in [5, 5.41) is 7.57. The molecule has 4 rings (SSSR count). The Kier molecular flexibility index (Phi) is 42.1. The molecular weight excluding hydrogens is 882 g/mol. The molecular formula is C29H48Cl4F3N3O4RuS4-2. The van der Waals surface area contributed by atoms with Crippen molar-refractivity contribution in [2.45, 2.75) is 29.3 Å². The van der Waals surface area contributed by atoms with Gasteiger partial charge in [-0.05, 0) is 57.3 Å². The predicted molar refractivity (Wildman–Crippen MR) is 180 cm³/mol. The van der Waals surface area contributed by atoms with E-state index in [4.69, 9.17) is 5.11 Å². The normalized spacial score (nSPS) is 13.1. The summed E-state index contributed by atoms with van der Waals surface area (Å²) in [4.78, 5) is 8.80. The van der Waals surface area contributed by atoms with Gasteiger partial charge in [-0.1, -0.05) is 23.9 Å². The maximum atomic E-state index is 13.3. The number of anilines is 2. The van der Waals surface area contributed by atoms with E-state index in [9.17, 15) is 25.8 Å². The molecule has 286 valence electrons. The Labute approximate surface area is 335 Å². The van der Waals surface area contributed by atoms with Gasteiger partial charge in [0.1, 0.15) is 0 Å². The van der Waals surface area contributed by atoms with Crippen LogP contribution in [-0.2, 0) is 58.1 Å². The summed E-state index contributed by atoms with van der Waals surface area (Å²) in [6.07, 6.45) is 6.42. The van der Waals surface area contributed by atoms with E-state index in [1.54, 1.807) is 62.3 Å². The maximum Gasteiger partial charge on any atom is 2.00 e. The predicted octanol–water partition coefficient (Wildman–Crippen LogP) is -7.06. The molecule has 2 heterocycles. The number of hydrogen-bond acceptors (Lipinski definition) is 8. The second kappa shape index (κ2) is 33.3. The Morgan fingerprint density at radius 2 is 1.17 bits per heavy atom. The molecule has 0 aromatic heterocycles. The molecule has 0 amide bonds. The van der Waals surface area contributed by atoms with Crippen molar-refractivity contribution in [1.29, 1.82) is 0 Å². The second-order valence-corrected chi connectivity index (χ2v) is 15.5. The van der Waals surface area contributed by atoms with Gasteiger partial charge < -0.3 is 69.4 Å². The van der Waals surface area contributed by atoms with Gasteiger partial charge in [-0.25, -0.2) is 0 Å². The van der Waals surface area contributed by atoms with Gasteiger partial charge in [-0.3, -0.25) is 12.6 Å². The Morgan fingerprint density at radius 1 is 0.750 bits per heavy atom. The molecule has 48 heavy (non-hydrogen) atoms. The molecule has 0 aliphatic carbocycles. The summed E-state index contributed by atoms with van der Waals surface area (Å²) in [7, 11) is 0.300.